The zero-order valence-corrected chi connectivity index (χ0v) is 11.0. The monoisotopic (exact) mass is 256 g/mol. The Morgan fingerprint density at radius 2 is 1.84 bits per heavy atom. The Balaban J connectivity index is 2.06. The van der Waals surface area contributed by atoms with E-state index in [0.717, 1.165) is 5.56 Å². The van der Waals surface area contributed by atoms with Gasteiger partial charge in [0.05, 0.1) is 11.3 Å². The lowest BCUT2D eigenvalue weighted by Gasteiger charge is -2.08. The van der Waals surface area contributed by atoms with Gasteiger partial charge in [0.15, 0.2) is 0 Å². The molecule has 98 valence electrons. The molecule has 2 rings (SSSR count). The van der Waals surface area contributed by atoms with Gasteiger partial charge in [-0.05, 0) is 31.5 Å². The topological polar surface area (TPSA) is 62.2 Å². The van der Waals surface area contributed by atoms with Crippen LogP contribution in [-0.2, 0) is 6.54 Å². The molecule has 0 aliphatic heterocycles. The molecule has 1 aromatic carbocycles. The molecule has 0 aliphatic rings. The van der Waals surface area contributed by atoms with E-state index in [0.29, 0.717) is 18.1 Å². The SMILES string of the molecule is Cc1ccc(CNc2ccc(C(=O)O)c(C)n2)cc1. The zero-order valence-electron chi connectivity index (χ0n) is 11.0. The largest absolute Gasteiger partial charge is 0.478 e. The van der Waals surface area contributed by atoms with E-state index in [4.69, 9.17) is 5.11 Å². The number of carbonyl (C=O) groups is 1. The van der Waals surface area contributed by atoms with Crippen molar-refractivity contribution in [2.24, 2.45) is 0 Å². The molecule has 2 N–H and O–H groups in total. The number of benzene rings is 1. The van der Waals surface area contributed by atoms with Crippen molar-refractivity contribution < 1.29 is 9.90 Å². The minimum atomic E-state index is -0.949. The molecule has 4 nitrogen and oxygen atoms in total. The second-order valence-electron chi connectivity index (χ2n) is 4.47. The van der Waals surface area contributed by atoms with Crippen LogP contribution < -0.4 is 5.32 Å². The summed E-state index contributed by atoms with van der Waals surface area (Å²) >= 11 is 0. The Morgan fingerprint density at radius 1 is 1.16 bits per heavy atom. The Labute approximate surface area is 112 Å². The van der Waals surface area contributed by atoms with Crippen LogP contribution in [0.1, 0.15) is 27.2 Å². The number of hydrogen-bond acceptors (Lipinski definition) is 3. The number of aryl methyl sites for hydroxylation is 2. The van der Waals surface area contributed by atoms with Crippen LogP contribution in [0, 0.1) is 13.8 Å². The van der Waals surface area contributed by atoms with Crippen LogP contribution in [0.15, 0.2) is 36.4 Å². The third-order valence-electron chi connectivity index (χ3n) is 2.91. The molecule has 0 fully saturated rings. The molecular weight excluding hydrogens is 240 g/mol. The molecule has 2 aromatic rings. The summed E-state index contributed by atoms with van der Waals surface area (Å²) in [5.41, 5.74) is 3.14. The minimum absolute atomic E-state index is 0.237. The molecule has 4 heteroatoms. The highest BCUT2D eigenvalue weighted by Gasteiger charge is 2.08. The van der Waals surface area contributed by atoms with Crippen molar-refractivity contribution in [3.63, 3.8) is 0 Å². The summed E-state index contributed by atoms with van der Waals surface area (Å²) in [4.78, 5) is 15.1. The first-order chi connectivity index (χ1) is 9.06. The van der Waals surface area contributed by atoms with Crippen molar-refractivity contribution in [2.75, 3.05) is 5.32 Å². The number of hydrogen-bond donors (Lipinski definition) is 2. The lowest BCUT2D eigenvalue weighted by Crippen LogP contribution is -2.06. The number of aromatic nitrogens is 1. The number of rotatable bonds is 4. The molecule has 1 heterocycles. The highest BCUT2D eigenvalue weighted by Crippen LogP contribution is 2.12. The molecule has 0 amide bonds. The summed E-state index contributed by atoms with van der Waals surface area (Å²) in [6.45, 7) is 4.41. The van der Waals surface area contributed by atoms with E-state index in [1.807, 2.05) is 6.92 Å². The molecule has 0 aliphatic carbocycles. The Hall–Kier alpha value is -2.36. The molecule has 0 saturated heterocycles. The van der Waals surface area contributed by atoms with E-state index in [1.165, 1.54) is 5.56 Å². The van der Waals surface area contributed by atoms with Gasteiger partial charge in [0.25, 0.3) is 0 Å². The number of carboxylic acid groups (broad SMARTS) is 1. The summed E-state index contributed by atoms with van der Waals surface area (Å²) in [5, 5.41) is 12.1. The molecule has 19 heavy (non-hydrogen) atoms. The van der Waals surface area contributed by atoms with Gasteiger partial charge < -0.3 is 10.4 Å². The van der Waals surface area contributed by atoms with E-state index < -0.39 is 5.97 Å². The molecule has 1 aromatic heterocycles. The third kappa shape index (κ3) is 3.31. The van der Waals surface area contributed by atoms with Gasteiger partial charge in [-0.3, -0.25) is 0 Å². The lowest BCUT2D eigenvalue weighted by molar-refractivity contribution is 0.0695. The van der Waals surface area contributed by atoms with Gasteiger partial charge >= 0.3 is 5.97 Å². The molecule has 0 saturated carbocycles. The maximum Gasteiger partial charge on any atom is 0.337 e. The van der Waals surface area contributed by atoms with Gasteiger partial charge in [0.2, 0.25) is 0 Å². The van der Waals surface area contributed by atoms with Crippen LogP contribution in [0.25, 0.3) is 0 Å². The average Bonchev–Trinajstić information content (AvgIpc) is 2.37. The van der Waals surface area contributed by atoms with Crippen molar-refractivity contribution >= 4 is 11.8 Å². The van der Waals surface area contributed by atoms with Gasteiger partial charge in [-0.15, -0.1) is 0 Å². The highest BCUT2D eigenvalue weighted by atomic mass is 16.4. The van der Waals surface area contributed by atoms with Crippen LogP contribution in [0.5, 0.6) is 0 Å². The molecule has 0 unspecified atom stereocenters. The summed E-state index contributed by atoms with van der Waals surface area (Å²) in [6, 6.07) is 11.5. The van der Waals surface area contributed by atoms with Crippen LogP contribution in [0.4, 0.5) is 5.82 Å². The predicted octanol–water partition coefficient (Wildman–Crippen LogP) is 3.01. The summed E-state index contributed by atoms with van der Waals surface area (Å²) in [5.74, 6) is -0.266. The maximum atomic E-state index is 10.9. The van der Waals surface area contributed by atoms with Crippen LogP contribution in [0.3, 0.4) is 0 Å². The van der Waals surface area contributed by atoms with Crippen molar-refractivity contribution in [3.8, 4) is 0 Å². The fourth-order valence-electron chi connectivity index (χ4n) is 1.78. The number of carboxylic acids is 1. The second-order valence-corrected chi connectivity index (χ2v) is 4.47. The smallest absolute Gasteiger partial charge is 0.337 e. The highest BCUT2D eigenvalue weighted by molar-refractivity contribution is 5.89. The Morgan fingerprint density at radius 3 is 2.42 bits per heavy atom. The fraction of sp³-hybridized carbons (Fsp3) is 0.200. The van der Waals surface area contributed by atoms with Crippen molar-refractivity contribution in [1.82, 2.24) is 4.98 Å². The number of anilines is 1. The van der Waals surface area contributed by atoms with Crippen LogP contribution in [0.2, 0.25) is 0 Å². The van der Waals surface area contributed by atoms with Crippen molar-refractivity contribution in [2.45, 2.75) is 20.4 Å². The normalized spacial score (nSPS) is 10.2. The predicted molar refractivity (Wildman–Crippen MR) is 74.4 cm³/mol. The van der Waals surface area contributed by atoms with Crippen LogP contribution >= 0.6 is 0 Å². The quantitative estimate of drug-likeness (QED) is 0.882. The summed E-state index contributed by atoms with van der Waals surface area (Å²) in [7, 11) is 0. The second kappa shape index (κ2) is 5.52. The molecule has 0 radical (unpaired) electrons. The van der Waals surface area contributed by atoms with Gasteiger partial charge in [-0.25, -0.2) is 9.78 Å². The molecular formula is C15H16N2O2. The van der Waals surface area contributed by atoms with E-state index in [2.05, 4.69) is 34.6 Å². The number of aromatic carboxylic acids is 1. The van der Waals surface area contributed by atoms with E-state index >= 15 is 0 Å². The van der Waals surface area contributed by atoms with E-state index in [-0.39, 0.29) is 5.56 Å². The van der Waals surface area contributed by atoms with Crippen molar-refractivity contribution in [3.05, 3.63) is 58.8 Å². The number of pyridine rings is 1. The lowest BCUT2D eigenvalue weighted by atomic mass is 10.1. The third-order valence-corrected chi connectivity index (χ3v) is 2.91. The summed E-state index contributed by atoms with van der Waals surface area (Å²) < 4.78 is 0. The first-order valence-electron chi connectivity index (χ1n) is 6.06. The summed E-state index contributed by atoms with van der Waals surface area (Å²) in [6.07, 6.45) is 0. The molecule has 0 atom stereocenters. The fourth-order valence-corrected chi connectivity index (χ4v) is 1.78. The minimum Gasteiger partial charge on any atom is -0.478 e. The van der Waals surface area contributed by atoms with Crippen LogP contribution in [-0.4, -0.2) is 16.1 Å². The first-order valence-corrected chi connectivity index (χ1v) is 6.06. The van der Waals surface area contributed by atoms with Gasteiger partial charge in [0.1, 0.15) is 5.82 Å². The number of nitrogens with one attached hydrogen (secondary N) is 1. The average molecular weight is 256 g/mol. The van der Waals surface area contributed by atoms with Gasteiger partial charge in [0, 0.05) is 6.54 Å². The standard InChI is InChI=1S/C15H16N2O2/c1-10-3-5-12(6-4-10)9-16-14-8-7-13(15(18)19)11(2)17-14/h3-8H,9H2,1-2H3,(H,16,17)(H,18,19). The van der Waals surface area contributed by atoms with Gasteiger partial charge in [-0.1, -0.05) is 29.8 Å². The van der Waals surface area contributed by atoms with E-state index in [9.17, 15) is 4.79 Å². The Kier molecular flexibility index (Phi) is 3.80. The maximum absolute atomic E-state index is 10.9. The van der Waals surface area contributed by atoms with Gasteiger partial charge in [-0.2, -0.15) is 0 Å². The number of nitrogens with zero attached hydrogens (tertiary/aromatic N) is 1. The molecule has 0 spiro atoms. The van der Waals surface area contributed by atoms with E-state index in [1.54, 1.807) is 19.1 Å². The van der Waals surface area contributed by atoms with Crippen molar-refractivity contribution in [1.29, 1.82) is 0 Å². The Bertz CT molecular complexity index is 592. The molecule has 0 bridgehead atoms. The first kappa shape index (κ1) is 13.1. The zero-order chi connectivity index (χ0) is 13.8.